The van der Waals surface area contributed by atoms with E-state index in [0.29, 0.717) is 61.8 Å². The summed E-state index contributed by atoms with van der Waals surface area (Å²) in [6.45, 7) is 3.81. The van der Waals surface area contributed by atoms with Gasteiger partial charge in [0.25, 0.3) is 10.0 Å². The number of furan rings is 1. The number of ketones is 1. The van der Waals surface area contributed by atoms with E-state index in [-0.39, 0.29) is 17.1 Å². The van der Waals surface area contributed by atoms with Crippen molar-refractivity contribution in [3.63, 3.8) is 0 Å². The highest BCUT2D eigenvalue weighted by Crippen LogP contribution is 2.43. The molecule has 0 unspecified atom stereocenters. The Hall–Kier alpha value is -5.54. The van der Waals surface area contributed by atoms with Gasteiger partial charge in [0.15, 0.2) is 17.0 Å². The van der Waals surface area contributed by atoms with E-state index >= 15 is 0 Å². The number of sulfonamides is 1. The average molecular weight is 628 g/mol. The van der Waals surface area contributed by atoms with Crippen LogP contribution >= 0.6 is 0 Å². The number of aromatic nitrogens is 2. The van der Waals surface area contributed by atoms with Crippen LogP contribution in [0.2, 0.25) is 0 Å². The van der Waals surface area contributed by atoms with Crippen molar-refractivity contribution in [2.24, 2.45) is 0 Å². The number of benzene rings is 4. The number of pyridine rings is 1. The van der Waals surface area contributed by atoms with Crippen LogP contribution in [-0.4, -0.2) is 31.2 Å². The highest BCUT2D eigenvalue weighted by molar-refractivity contribution is 7.92. The Labute approximate surface area is 266 Å². The molecule has 0 N–H and O–H groups in total. The van der Waals surface area contributed by atoms with Crippen molar-refractivity contribution in [1.29, 1.82) is 0 Å². The number of fused-ring (bicyclic) bond motifs is 2. The molecule has 3 heterocycles. The van der Waals surface area contributed by atoms with Gasteiger partial charge in [-0.2, -0.15) is 4.98 Å². The van der Waals surface area contributed by atoms with Gasteiger partial charge in [-0.3, -0.25) is 9.10 Å². The Balaban J connectivity index is 1.48. The molecular formula is C37H29N3O5S. The van der Waals surface area contributed by atoms with Crippen molar-refractivity contribution in [3.05, 3.63) is 120 Å². The number of carbonyl (C=O) groups is 1. The molecule has 0 atom stereocenters. The highest BCUT2D eigenvalue weighted by Gasteiger charge is 2.28. The predicted octanol–water partition coefficient (Wildman–Crippen LogP) is 8.70. The van der Waals surface area contributed by atoms with E-state index in [1.54, 1.807) is 54.7 Å². The molecule has 228 valence electrons. The summed E-state index contributed by atoms with van der Waals surface area (Å²) in [4.78, 5) is 22.5. The molecule has 3 aromatic heterocycles. The summed E-state index contributed by atoms with van der Waals surface area (Å²) < 4.78 is 41.5. The highest BCUT2D eigenvalue weighted by atomic mass is 32.2. The SMILES string of the molecule is CCC(=O)c1c(-c2ccc(C)cc2)oc2cc(N(C)S(=O)(=O)c3ccccc3)c(-c3cccc(-c4nc5ncccc5o4)c3)cc12. The molecule has 46 heavy (non-hydrogen) atoms. The van der Waals surface area contributed by atoms with Crippen LogP contribution < -0.4 is 4.31 Å². The Kier molecular flexibility index (Phi) is 7.25. The van der Waals surface area contributed by atoms with Gasteiger partial charge in [0, 0.05) is 47.8 Å². The summed E-state index contributed by atoms with van der Waals surface area (Å²) in [6.07, 6.45) is 1.93. The van der Waals surface area contributed by atoms with E-state index in [0.717, 1.165) is 11.1 Å². The van der Waals surface area contributed by atoms with Crippen LogP contribution in [0.25, 0.3) is 56.1 Å². The van der Waals surface area contributed by atoms with Gasteiger partial charge in [-0.15, -0.1) is 0 Å². The van der Waals surface area contributed by atoms with E-state index in [9.17, 15) is 13.2 Å². The van der Waals surface area contributed by atoms with Crippen LogP contribution in [0.15, 0.2) is 123 Å². The number of aryl methyl sites for hydroxylation is 1. The van der Waals surface area contributed by atoms with Gasteiger partial charge in [-0.1, -0.05) is 67.1 Å². The van der Waals surface area contributed by atoms with Crippen LogP contribution in [0, 0.1) is 6.92 Å². The maximum absolute atomic E-state index is 13.9. The van der Waals surface area contributed by atoms with Gasteiger partial charge >= 0.3 is 0 Å². The third kappa shape index (κ3) is 5.04. The topological polar surface area (TPSA) is 107 Å². The van der Waals surface area contributed by atoms with Crippen molar-refractivity contribution >= 4 is 43.7 Å². The summed E-state index contributed by atoms with van der Waals surface area (Å²) in [7, 11) is -2.45. The normalized spacial score (nSPS) is 11.7. The number of nitrogens with zero attached hydrogens (tertiary/aromatic N) is 3. The van der Waals surface area contributed by atoms with E-state index < -0.39 is 10.0 Å². The lowest BCUT2D eigenvalue weighted by atomic mass is 9.95. The van der Waals surface area contributed by atoms with Crippen LogP contribution in [0.1, 0.15) is 29.3 Å². The van der Waals surface area contributed by atoms with Crippen molar-refractivity contribution in [1.82, 2.24) is 9.97 Å². The summed E-state index contributed by atoms with van der Waals surface area (Å²) >= 11 is 0. The first-order chi connectivity index (χ1) is 22.2. The van der Waals surface area contributed by atoms with Crippen molar-refractivity contribution in [2.45, 2.75) is 25.2 Å². The molecule has 0 spiro atoms. The van der Waals surface area contributed by atoms with Gasteiger partial charge in [-0.25, -0.2) is 13.4 Å². The lowest BCUT2D eigenvalue weighted by molar-refractivity contribution is 0.0989. The minimum atomic E-state index is -3.97. The predicted molar refractivity (Wildman–Crippen MR) is 179 cm³/mol. The fourth-order valence-electron chi connectivity index (χ4n) is 5.58. The number of rotatable bonds is 8. The zero-order valence-corrected chi connectivity index (χ0v) is 26.2. The van der Waals surface area contributed by atoms with Crippen LogP contribution in [0.5, 0.6) is 0 Å². The van der Waals surface area contributed by atoms with E-state index in [1.165, 1.54) is 11.4 Å². The third-order valence-electron chi connectivity index (χ3n) is 8.05. The molecule has 7 rings (SSSR count). The number of carbonyl (C=O) groups excluding carboxylic acids is 1. The minimum absolute atomic E-state index is 0.0778. The maximum Gasteiger partial charge on any atom is 0.264 e. The lowest BCUT2D eigenvalue weighted by Crippen LogP contribution is -2.27. The van der Waals surface area contributed by atoms with Crippen molar-refractivity contribution in [2.75, 3.05) is 11.4 Å². The molecule has 8 nitrogen and oxygen atoms in total. The maximum atomic E-state index is 13.9. The first-order valence-electron chi connectivity index (χ1n) is 14.8. The number of anilines is 1. The van der Waals surface area contributed by atoms with Gasteiger partial charge in [-0.05, 0) is 55.0 Å². The fraction of sp³-hybridized carbons (Fsp3) is 0.108. The fourth-order valence-corrected chi connectivity index (χ4v) is 6.81. The van der Waals surface area contributed by atoms with E-state index in [1.807, 2.05) is 68.4 Å². The molecule has 0 aliphatic carbocycles. The van der Waals surface area contributed by atoms with Gasteiger partial charge in [0.2, 0.25) is 5.89 Å². The molecule has 0 radical (unpaired) electrons. The molecule has 0 amide bonds. The summed E-state index contributed by atoms with van der Waals surface area (Å²) in [5.41, 5.74) is 6.12. The monoisotopic (exact) mass is 627 g/mol. The summed E-state index contributed by atoms with van der Waals surface area (Å²) in [5, 5.41) is 0.600. The Bertz CT molecular complexity index is 2330. The van der Waals surface area contributed by atoms with Crippen LogP contribution in [-0.2, 0) is 10.0 Å². The zero-order chi connectivity index (χ0) is 32.0. The summed E-state index contributed by atoms with van der Waals surface area (Å²) in [6, 6.07) is 30.7. The van der Waals surface area contributed by atoms with Gasteiger partial charge < -0.3 is 8.83 Å². The first kappa shape index (κ1) is 29.2. The number of hydrogen-bond acceptors (Lipinski definition) is 7. The minimum Gasteiger partial charge on any atom is -0.455 e. The number of oxazole rings is 1. The molecule has 7 aromatic rings. The third-order valence-corrected chi connectivity index (χ3v) is 9.83. The first-order valence-corrected chi connectivity index (χ1v) is 16.3. The van der Waals surface area contributed by atoms with E-state index in [4.69, 9.17) is 8.83 Å². The lowest BCUT2D eigenvalue weighted by Gasteiger charge is -2.23. The molecule has 0 saturated heterocycles. The van der Waals surface area contributed by atoms with Crippen molar-refractivity contribution < 1.29 is 22.0 Å². The quantitative estimate of drug-likeness (QED) is 0.155. The molecule has 0 saturated carbocycles. The molecule has 0 aliphatic heterocycles. The Morgan fingerprint density at radius 2 is 1.57 bits per heavy atom. The molecule has 4 aromatic carbocycles. The molecule has 0 bridgehead atoms. The zero-order valence-electron chi connectivity index (χ0n) is 25.4. The van der Waals surface area contributed by atoms with Gasteiger partial charge in [0.1, 0.15) is 11.3 Å². The molecular weight excluding hydrogens is 598 g/mol. The van der Waals surface area contributed by atoms with Crippen LogP contribution in [0.3, 0.4) is 0 Å². The van der Waals surface area contributed by atoms with Crippen LogP contribution in [0.4, 0.5) is 5.69 Å². The molecule has 0 fully saturated rings. The smallest absolute Gasteiger partial charge is 0.264 e. The standard InChI is InChI=1S/C37H29N3O5S/c1-4-31(41)34-29-21-28(25-10-8-11-26(20-25)37-39-36-32(45-37)14-9-19-38-36)30(40(3)46(42,43)27-12-6-5-7-13-27)22-33(29)44-35(34)24-17-15-23(2)16-18-24/h5-22H,4H2,1-3H3. The summed E-state index contributed by atoms with van der Waals surface area (Å²) in [5.74, 6) is 0.757. The number of hydrogen-bond donors (Lipinski definition) is 0. The Morgan fingerprint density at radius 3 is 2.30 bits per heavy atom. The van der Waals surface area contributed by atoms with Gasteiger partial charge in [0.05, 0.1) is 16.1 Å². The second-order valence-corrected chi connectivity index (χ2v) is 13.0. The molecule has 9 heteroatoms. The number of Topliss-reactive ketones (excluding diaryl/α,β-unsaturated/α-hetero) is 1. The van der Waals surface area contributed by atoms with E-state index in [2.05, 4.69) is 9.97 Å². The second kappa shape index (κ2) is 11.4. The Morgan fingerprint density at radius 1 is 0.804 bits per heavy atom. The largest absolute Gasteiger partial charge is 0.455 e. The average Bonchev–Trinajstić information content (AvgIpc) is 3.69. The second-order valence-electron chi connectivity index (χ2n) is 11.0. The molecule has 0 aliphatic rings. The van der Waals surface area contributed by atoms with Crippen molar-refractivity contribution in [3.8, 4) is 33.9 Å².